The second-order valence-electron chi connectivity index (χ2n) is 2.88. The fourth-order valence-corrected chi connectivity index (χ4v) is 1.18. The number of halogens is 1. The lowest BCUT2D eigenvalue weighted by molar-refractivity contribution is 0.105. The molecule has 0 N–H and O–H groups in total. The van der Waals surface area contributed by atoms with E-state index in [9.17, 15) is 4.79 Å². The van der Waals surface area contributed by atoms with Gasteiger partial charge in [0.1, 0.15) is 0 Å². The number of benzene rings is 1. The Bertz CT molecular complexity index is 568. The molecule has 0 fully saturated rings. The molecule has 0 radical (unpaired) electrons. The van der Waals surface area contributed by atoms with E-state index in [4.69, 9.17) is 21.3 Å². The first-order chi connectivity index (χ1) is 7.70. The molecule has 0 aliphatic heterocycles. The van der Waals surface area contributed by atoms with E-state index in [1.165, 1.54) is 0 Å². The predicted octanol–water partition coefficient (Wildman–Crippen LogP) is 1.99. The van der Waals surface area contributed by atoms with E-state index in [1.807, 2.05) is 6.07 Å². The Balaban J connectivity index is 2.36. The van der Waals surface area contributed by atoms with Crippen LogP contribution >= 0.6 is 11.6 Å². The van der Waals surface area contributed by atoms with Crippen LogP contribution in [0, 0.1) is 11.3 Å². The topological polar surface area (TPSA) is 79.8 Å². The Morgan fingerprint density at radius 2 is 2.00 bits per heavy atom. The van der Waals surface area contributed by atoms with Gasteiger partial charge in [0.25, 0.3) is 0 Å². The minimum absolute atomic E-state index is 0.188. The quantitative estimate of drug-likeness (QED) is 0.741. The molecule has 0 saturated carbocycles. The third-order valence-corrected chi connectivity index (χ3v) is 2.02. The van der Waals surface area contributed by atoms with Crippen LogP contribution in [0.4, 0.5) is 0 Å². The third kappa shape index (κ3) is 1.92. The van der Waals surface area contributed by atoms with Crippen molar-refractivity contribution in [2.75, 3.05) is 0 Å². The summed E-state index contributed by atoms with van der Waals surface area (Å²) < 4.78 is 5.02. The lowest BCUT2D eigenvalue weighted by atomic mass is 10.1. The summed E-state index contributed by atoms with van der Waals surface area (Å²) in [5, 5.41) is 14.9. The zero-order valence-electron chi connectivity index (χ0n) is 7.85. The van der Waals surface area contributed by atoms with Crippen molar-refractivity contribution in [2.24, 2.45) is 0 Å². The lowest BCUT2D eigenvalue weighted by Gasteiger charge is -1.93. The number of aromatic nitrogens is 2. The number of carbonyl (C=O) groups is 1. The van der Waals surface area contributed by atoms with Crippen LogP contribution in [0.15, 0.2) is 28.7 Å². The van der Waals surface area contributed by atoms with Crippen LogP contribution in [0.3, 0.4) is 0 Å². The van der Waals surface area contributed by atoms with Crippen molar-refractivity contribution < 1.29 is 9.21 Å². The summed E-state index contributed by atoms with van der Waals surface area (Å²) in [4.78, 5) is 10.7. The van der Waals surface area contributed by atoms with Crippen molar-refractivity contribution in [3.63, 3.8) is 0 Å². The Morgan fingerprint density at radius 1 is 1.31 bits per heavy atom. The number of hydrogen-bond acceptors (Lipinski definition) is 5. The smallest absolute Gasteiger partial charge is 0.309 e. The molecule has 0 aliphatic carbocycles. The van der Waals surface area contributed by atoms with Gasteiger partial charge in [-0.1, -0.05) is 0 Å². The molecule has 2 aromatic rings. The Kier molecular flexibility index (Phi) is 2.66. The molecule has 0 saturated heterocycles. The average Bonchev–Trinajstić information content (AvgIpc) is 2.78. The van der Waals surface area contributed by atoms with E-state index in [0.29, 0.717) is 11.1 Å². The van der Waals surface area contributed by atoms with Crippen molar-refractivity contribution in [2.45, 2.75) is 0 Å². The average molecular weight is 234 g/mol. The van der Waals surface area contributed by atoms with E-state index in [0.717, 1.165) is 0 Å². The fourth-order valence-electron chi connectivity index (χ4n) is 1.11. The zero-order valence-corrected chi connectivity index (χ0v) is 8.60. The largest absolute Gasteiger partial charge is 0.413 e. The molecule has 0 unspecified atom stereocenters. The van der Waals surface area contributed by atoms with Crippen molar-refractivity contribution in [3.8, 4) is 17.5 Å². The highest BCUT2D eigenvalue weighted by atomic mass is 35.5. The Hall–Kier alpha value is -2.19. The van der Waals surface area contributed by atoms with E-state index in [2.05, 4.69) is 10.2 Å². The van der Waals surface area contributed by atoms with Gasteiger partial charge in [-0.05, 0) is 35.9 Å². The molecule has 0 atom stereocenters. The summed E-state index contributed by atoms with van der Waals surface area (Å²) in [7, 11) is 0. The van der Waals surface area contributed by atoms with Crippen LogP contribution < -0.4 is 0 Å². The van der Waals surface area contributed by atoms with Crippen LogP contribution in [0.25, 0.3) is 11.5 Å². The molecular weight excluding hydrogens is 230 g/mol. The first-order valence-electron chi connectivity index (χ1n) is 4.24. The number of rotatable bonds is 2. The van der Waals surface area contributed by atoms with Crippen molar-refractivity contribution in [1.29, 1.82) is 5.26 Å². The van der Waals surface area contributed by atoms with Gasteiger partial charge >= 0.3 is 11.1 Å². The fraction of sp³-hybridized carbons (Fsp3) is 0. The maximum atomic E-state index is 10.7. The molecule has 78 valence electrons. The van der Waals surface area contributed by atoms with E-state index in [-0.39, 0.29) is 11.8 Å². The summed E-state index contributed by atoms with van der Waals surface area (Å²) >= 11 is 5.17. The molecule has 1 heterocycles. The van der Waals surface area contributed by atoms with Gasteiger partial charge in [0.2, 0.25) is 5.89 Å². The van der Waals surface area contributed by atoms with Gasteiger partial charge < -0.3 is 4.42 Å². The number of nitriles is 1. The van der Waals surface area contributed by atoms with Crippen LogP contribution in [0.5, 0.6) is 0 Å². The molecule has 0 spiro atoms. The monoisotopic (exact) mass is 233 g/mol. The molecule has 6 heteroatoms. The van der Waals surface area contributed by atoms with Gasteiger partial charge in [-0.2, -0.15) is 5.26 Å². The standard InChI is InChI=1S/C10H4ClN3O2/c11-8(15)10-14-13-9(16-10)7-3-1-6(5-12)2-4-7/h1-4H. The van der Waals surface area contributed by atoms with Crippen LogP contribution in [0.2, 0.25) is 0 Å². The lowest BCUT2D eigenvalue weighted by Crippen LogP contribution is -1.86. The van der Waals surface area contributed by atoms with E-state index >= 15 is 0 Å². The zero-order chi connectivity index (χ0) is 11.5. The number of hydrogen-bond donors (Lipinski definition) is 0. The second-order valence-corrected chi connectivity index (χ2v) is 3.22. The molecule has 16 heavy (non-hydrogen) atoms. The molecule has 0 bridgehead atoms. The van der Waals surface area contributed by atoms with Crippen molar-refractivity contribution in [3.05, 3.63) is 35.7 Å². The van der Waals surface area contributed by atoms with Gasteiger partial charge in [0, 0.05) is 5.56 Å². The molecule has 1 aromatic heterocycles. The first kappa shape index (κ1) is 10.3. The first-order valence-corrected chi connectivity index (χ1v) is 4.62. The van der Waals surface area contributed by atoms with Crippen LogP contribution in [-0.4, -0.2) is 15.4 Å². The summed E-state index contributed by atoms with van der Waals surface area (Å²) in [6.45, 7) is 0. The van der Waals surface area contributed by atoms with Crippen molar-refractivity contribution in [1.82, 2.24) is 10.2 Å². The summed E-state index contributed by atoms with van der Waals surface area (Å²) in [6.07, 6.45) is 0. The van der Waals surface area contributed by atoms with Gasteiger partial charge in [-0.3, -0.25) is 4.79 Å². The van der Waals surface area contributed by atoms with Gasteiger partial charge in [-0.15, -0.1) is 10.2 Å². The summed E-state index contributed by atoms with van der Waals surface area (Å²) in [6, 6.07) is 8.51. The highest BCUT2D eigenvalue weighted by Gasteiger charge is 2.13. The predicted molar refractivity (Wildman–Crippen MR) is 54.6 cm³/mol. The number of nitrogens with zero attached hydrogens (tertiary/aromatic N) is 3. The molecule has 5 nitrogen and oxygen atoms in total. The summed E-state index contributed by atoms with van der Waals surface area (Å²) in [5.41, 5.74) is 1.15. The SMILES string of the molecule is N#Cc1ccc(-c2nnc(C(=O)Cl)o2)cc1. The van der Waals surface area contributed by atoms with Gasteiger partial charge in [0.05, 0.1) is 11.6 Å². The van der Waals surface area contributed by atoms with Gasteiger partial charge in [-0.25, -0.2) is 0 Å². The molecular formula is C10H4ClN3O2. The van der Waals surface area contributed by atoms with Crippen LogP contribution in [0.1, 0.15) is 16.2 Å². The minimum atomic E-state index is -0.799. The highest BCUT2D eigenvalue weighted by Crippen LogP contribution is 2.18. The normalized spacial score (nSPS) is 9.75. The van der Waals surface area contributed by atoms with E-state index in [1.54, 1.807) is 24.3 Å². The number of carbonyl (C=O) groups excluding carboxylic acids is 1. The van der Waals surface area contributed by atoms with Gasteiger partial charge in [0.15, 0.2) is 0 Å². The maximum absolute atomic E-state index is 10.7. The summed E-state index contributed by atoms with van der Waals surface area (Å²) in [5.74, 6) is -0.0606. The molecule has 2 rings (SSSR count). The third-order valence-electron chi connectivity index (χ3n) is 1.85. The molecule has 0 aliphatic rings. The van der Waals surface area contributed by atoms with Crippen LogP contribution in [-0.2, 0) is 0 Å². The molecule has 1 aromatic carbocycles. The highest BCUT2D eigenvalue weighted by molar-refractivity contribution is 6.67. The van der Waals surface area contributed by atoms with E-state index < -0.39 is 5.24 Å². The van der Waals surface area contributed by atoms with Crippen molar-refractivity contribution >= 4 is 16.8 Å². The second kappa shape index (κ2) is 4.13. The Morgan fingerprint density at radius 3 is 2.50 bits per heavy atom. The maximum Gasteiger partial charge on any atom is 0.309 e. The Labute approximate surface area is 95.3 Å². The minimum Gasteiger partial charge on any atom is -0.413 e. The molecule has 0 amide bonds.